The Hall–Kier alpha value is -2.49. The molecule has 0 aliphatic carbocycles. The van der Waals surface area contributed by atoms with Crippen LogP contribution in [0.5, 0.6) is 11.5 Å². The van der Waals surface area contributed by atoms with Gasteiger partial charge >= 0.3 is 6.16 Å². The average Bonchev–Trinajstić information content (AvgIpc) is 2.48. The number of benzene rings is 2. The van der Waals surface area contributed by atoms with Crippen LogP contribution in [0.3, 0.4) is 0 Å². The van der Waals surface area contributed by atoms with Gasteiger partial charge in [-0.15, -0.1) is 0 Å². The zero-order valence-corrected chi connectivity index (χ0v) is 11.3. The molecule has 2 aromatic rings. The van der Waals surface area contributed by atoms with E-state index in [2.05, 4.69) is 6.58 Å². The van der Waals surface area contributed by atoms with E-state index < -0.39 is 6.16 Å². The van der Waals surface area contributed by atoms with Crippen molar-refractivity contribution in [3.05, 3.63) is 49.1 Å². The van der Waals surface area contributed by atoms with Crippen molar-refractivity contribution < 1.29 is 19.0 Å². The SMILES string of the molecule is C=CCOC(=O)Oc1ccc(OCC)c2ccccc12. The fraction of sp³-hybridized carbons (Fsp3) is 0.188. The molecule has 20 heavy (non-hydrogen) atoms. The van der Waals surface area contributed by atoms with E-state index in [1.165, 1.54) is 6.08 Å². The van der Waals surface area contributed by atoms with Crippen molar-refractivity contribution in [2.24, 2.45) is 0 Å². The van der Waals surface area contributed by atoms with Gasteiger partial charge in [0.1, 0.15) is 18.1 Å². The summed E-state index contributed by atoms with van der Waals surface area (Å²) in [5, 5.41) is 1.69. The fourth-order valence-electron chi connectivity index (χ4n) is 1.86. The quantitative estimate of drug-likeness (QED) is 0.470. The topological polar surface area (TPSA) is 44.8 Å². The smallest absolute Gasteiger partial charge is 0.493 e. The van der Waals surface area contributed by atoms with Gasteiger partial charge in [-0.05, 0) is 19.1 Å². The van der Waals surface area contributed by atoms with Crippen LogP contribution in [0.4, 0.5) is 4.79 Å². The molecule has 0 aliphatic rings. The van der Waals surface area contributed by atoms with Crippen LogP contribution in [0, 0.1) is 0 Å². The third-order valence-electron chi connectivity index (χ3n) is 2.66. The molecule has 2 aromatic carbocycles. The Kier molecular flexibility index (Phi) is 4.60. The van der Waals surface area contributed by atoms with Crippen LogP contribution in [0.25, 0.3) is 10.8 Å². The molecule has 0 bridgehead atoms. The zero-order chi connectivity index (χ0) is 14.4. The van der Waals surface area contributed by atoms with Crippen molar-refractivity contribution in [1.29, 1.82) is 0 Å². The van der Waals surface area contributed by atoms with Gasteiger partial charge < -0.3 is 14.2 Å². The summed E-state index contributed by atoms with van der Waals surface area (Å²) in [6, 6.07) is 11.0. The lowest BCUT2D eigenvalue weighted by atomic mass is 10.1. The Labute approximate surface area is 117 Å². The minimum absolute atomic E-state index is 0.119. The van der Waals surface area contributed by atoms with E-state index >= 15 is 0 Å². The summed E-state index contributed by atoms with van der Waals surface area (Å²) in [7, 11) is 0. The van der Waals surface area contributed by atoms with E-state index in [9.17, 15) is 4.79 Å². The van der Waals surface area contributed by atoms with Crippen molar-refractivity contribution >= 4 is 16.9 Å². The van der Waals surface area contributed by atoms with E-state index in [1.807, 2.05) is 31.2 Å². The van der Waals surface area contributed by atoms with Gasteiger partial charge in [-0.25, -0.2) is 4.79 Å². The van der Waals surface area contributed by atoms with Gasteiger partial charge in [-0.3, -0.25) is 0 Å². The lowest BCUT2D eigenvalue weighted by Crippen LogP contribution is -2.10. The summed E-state index contributed by atoms with van der Waals surface area (Å²) in [6.45, 7) is 6.09. The van der Waals surface area contributed by atoms with Gasteiger partial charge in [0, 0.05) is 10.8 Å². The summed E-state index contributed by atoms with van der Waals surface area (Å²) < 4.78 is 15.6. The number of rotatable bonds is 5. The monoisotopic (exact) mass is 272 g/mol. The highest BCUT2D eigenvalue weighted by Crippen LogP contribution is 2.33. The molecule has 0 aliphatic heterocycles. The molecule has 0 unspecified atom stereocenters. The lowest BCUT2D eigenvalue weighted by molar-refractivity contribution is 0.110. The predicted octanol–water partition coefficient (Wildman–Crippen LogP) is 3.94. The van der Waals surface area contributed by atoms with Crippen molar-refractivity contribution in [2.75, 3.05) is 13.2 Å². The van der Waals surface area contributed by atoms with Crippen molar-refractivity contribution in [1.82, 2.24) is 0 Å². The molecule has 0 amide bonds. The van der Waals surface area contributed by atoms with Crippen LogP contribution in [0.2, 0.25) is 0 Å². The highest BCUT2D eigenvalue weighted by molar-refractivity contribution is 5.94. The van der Waals surface area contributed by atoms with Crippen LogP contribution in [0.15, 0.2) is 49.1 Å². The molecule has 104 valence electrons. The van der Waals surface area contributed by atoms with Crippen LogP contribution < -0.4 is 9.47 Å². The van der Waals surface area contributed by atoms with Gasteiger partial charge in [0.15, 0.2) is 0 Å². The van der Waals surface area contributed by atoms with Gasteiger partial charge in [0.2, 0.25) is 0 Å². The molecule has 0 aromatic heterocycles. The molecule has 4 heteroatoms. The van der Waals surface area contributed by atoms with Crippen LogP contribution >= 0.6 is 0 Å². The second-order valence-corrected chi connectivity index (χ2v) is 3.99. The lowest BCUT2D eigenvalue weighted by Gasteiger charge is -2.11. The summed E-state index contributed by atoms with van der Waals surface area (Å²) in [5.41, 5.74) is 0. The van der Waals surface area contributed by atoms with E-state index in [-0.39, 0.29) is 6.61 Å². The van der Waals surface area contributed by atoms with Gasteiger partial charge in [0.25, 0.3) is 0 Å². The Morgan fingerprint density at radius 3 is 2.45 bits per heavy atom. The molecule has 2 rings (SSSR count). The molecule has 0 radical (unpaired) electrons. The standard InChI is InChI=1S/C16H16O4/c1-3-11-19-16(17)20-15-10-9-14(18-4-2)12-7-5-6-8-13(12)15/h3,5-10H,1,4,11H2,2H3. The normalized spacial score (nSPS) is 10.1. The number of fused-ring (bicyclic) bond motifs is 1. The first-order valence-electron chi connectivity index (χ1n) is 6.36. The first kappa shape index (κ1) is 13.9. The molecule has 0 fully saturated rings. The number of hydrogen-bond donors (Lipinski definition) is 0. The van der Waals surface area contributed by atoms with E-state index in [4.69, 9.17) is 14.2 Å². The zero-order valence-electron chi connectivity index (χ0n) is 11.3. The molecular weight excluding hydrogens is 256 g/mol. The Morgan fingerprint density at radius 2 is 1.80 bits per heavy atom. The maximum atomic E-state index is 11.5. The van der Waals surface area contributed by atoms with Gasteiger partial charge in [0.05, 0.1) is 6.61 Å². The minimum atomic E-state index is -0.751. The highest BCUT2D eigenvalue weighted by atomic mass is 16.7. The van der Waals surface area contributed by atoms with E-state index in [0.29, 0.717) is 12.4 Å². The number of carbonyl (C=O) groups is 1. The Balaban J connectivity index is 2.32. The van der Waals surface area contributed by atoms with Crippen molar-refractivity contribution in [3.8, 4) is 11.5 Å². The summed E-state index contributed by atoms with van der Waals surface area (Å²) >= 11 is 0. The van der Waals surface area contributed by atoms with Gasteiger partial charge in [-0.2, -0.15) is 0 Å². The fourth-order valence-corrected chi connectivity index (χ4v) is 1.86. The molecule has 0 atom stereocenters. The number of ether oxygens (including phenoxy) is 3. The molecule has 0 saturated carbocycles. The first-order valence-corrected chi connectivity index (χ1v) is 6.36. The maximum absolute atomic E-state index is 11.5. The van der Waals surface area contributed by atoms with Crippen molar-refractivity contribution in [3.63, 3.8) is 0 Å². The Bertz CT molecular complexity index is 619. The third kappa shape index (κ3) is 3.09. The maximum Gasteiger partial charge on any atom is 0.514 e. The molecule has 0 N–H and O–H groups in total. The summed E-state index contributed by atoms with van der Waals surface area (Å²) in [4.78, 5) is 11.5. The predicted molar refractivity (Wildman–Crippen MR) is 77.3 cm³/mol. The molecule has 4 nitrogen and oxygen atoms in total. The number of carbonyl (C=O) groups excluding carboxylic acids is 1. The van der Waals surface area contributed by atoms with Crippen LogP contribution in [0.1, 0.15) is 6.92 Å². The molecule has 0 heterocycles. The molecule has 0 saturated heterocycles. The molecular formula is C16H16O4. The largest absolute Gasteiger partial charge is 0.514 e. The minimum Gasteiger partial charge on any atom is -0.493 e. The Morgan fingerprint density at radius 1 is 1.15 bits per heavy atom. The second-order valence-electron chi connectivity index (χ2n) is 3.99. The molecule has 0 spiro atoms. The highest BCUT2D eigenvalue weighted by Gasteiger charge is 2.11. The average molecular weight is 272 g/mol. The van der Waals surface area contributed by atoms with Crippen LogP contribution in [-0.4, -0.2) is 19.4 Å². The summed E-state index contributed by atoms with van der Waals surface area (Å²) in [6.07, 6.45) is 0.733. The van der Waals surface area contributed by atoms with Crippen molar-refractivity contribution in [2.45, 2.75) is 6.92 Å². The second kappa shape index (κ2) is 6.61. The third-order valence-corrected chi connectivity index (χ3v) is 2.66. The summed E-state index contributed by atoms with van der Waals surface area (Å²) in [5.74, 6) is 1.20. The first-order chi connectivity index (χ1) is 9.76. The van der Waals surface area contributed by atoms with E-state index in [1.54, 1.807) is 12.1 Å². The van der Waals surface area contributed by atoms with Gasteiger partial charge in [-0.1, -0.05) is 36.9 Å². The van der Waals surface area contributed by atoms with Crippen LogP contribution in [-0.2, 0) is 4.74 Å². The number of hydrogen-bond acceptors (Lipinski definition) is 4. The van der Waals surface area contributed by atoms with E-state index in [0.717, 1.165) is 16.5 Å².